The number of nitrogens with one attached hydrogen (secondary N) is 1. The fourth-order valence-corrected chi connectivity index (χ4v) is 1.49. The molecule has 0 radical (unpaired) electrons. The Hall–Kier alpha value is -0.630. The summed E-state index contributed by atoms with van der Waals surface area (Å²) in [6, 6.07) is 2.19. The molecule has 0 amide bonds. The van der Waals surface area contributed by atoms with Crippen molar-refractivity contribution in [2.24, 2.45) is 0 Å². The molecule has 1 fully saturated rings. The van der Waals surface area contributed by atoms with Crippen LogP contribution >= 0.6 is 0 Å². The Labute approximate surface area is 91.6 Å². The highest BCUT2D eigenvalue weighted by Crippen LogP contribution is 2.13. The first-order chi connectivity index (χ1) is 7.20. The summed E-state index contributed by atoms with van der Waals surface area (Å²) in [4.78, 5) is 0. The molecule has 1 aliphatic rings. The van der Waals surface area contributed by atoms with Crippen LogP contribution in [0.5, 0.6) is 0 Å². The molecule has 0 spiro atoms. The second kappa shape index (κ2) is 6.06. The third kappa shape index (κ3) is 4.17. The van der Waals surface area contributed by atoms with E-state index >= 15 is 0 Å². The van der Waals surface area contributed by atoms with E-state index < -0.39 is 5.54 Å². The zero-order chi connectivity index (χ0) is 11.1. The van der Waals surface area contributed by atoms with Gasteiger partial charge in [-0.25, -0.2) is 0 Å². The fraction of sp³-hybridized carbons (Fsp3) is 0.909. The molecule has 0 aromatic carbocycles. The third-order valence-corrected chi connectivity index (χ3v) is 2.77. The van der Waals surface area contributed by atoms with Gasteiger partial charge in [-0.2, -0.15) is 5.26 Å². The molecular weight excluding hydrogens is 192 g/mol. The predicted octanol–water partition coefficient (Wildman–Crippen LogP) is 1.07. The van der Waals surface area contributed by atoms with Gasteiger partial charge in [0, 0.05) is 6.61 Å². The third-order valence-electron chi connectivity index (χ3n) is 2.77. The van der Waals surface area contributed by atoms with Crippen molar-refractivity contribution in [2.45, 2.75) is 37.8 Å². The summed E-state index contributed by atoms with van der Waals surface area (Å²) in [6.45, 7) is 3.67. The van der Waals surface area contributed by atoms with Gasteiger partial charge in [0.1, 0.15) is 5.54 Å². The van der Waals surface area contributed by atoms with E-state index in [1.165, 1.54) is 6.42 Å². The largest absolute Gasteiger partial charge is 0.376 e. The molecule has 1 aliphatic heterocycles. The molecule has 0 aromatic heterocycles. The van der Waals surface area contributed by atoms with Crippen molar-refractivity contribution >= 4 is 0 Å². The van der Waals surface area contributed by atoms with E-state index in [1.54, 1.807) is 7.05 Å². The van der Waals surface area contributed by atoms with Crippen LogP contribution in [0.25, 0.3) is 0 Å². The molecule has 86 valence electrons. The summed E-state index contributed by atoms with van der Waals surface area (Å²) >= 11 is 0. The smallest absolute Gasteiger partial charge is 0.127 e. The van der Waals surface area contributed by atoms with Gasteiger partial charge in [0.05, 0.1) is 25.4 Å². The first-order valence-corrected chi connectivity index (χ1v) is 5.50. The van der Waals surface area contributed by atoms with Crippen molar-refractivity contribution in [3.05, 3.63) is 0 Å². The zero-order valence-electron chi connectivity index (χ0n) is 9.58. The van der Waals surface area contributed by atoms with E-state index in [0.29, 0.717) is 13.2 Å². The van der Waals surface area contributed by atoms with Crippen LogP contribution in [0.3, 0.4) is 0 Å². The average molecular weight is 212 g/mol. The Bertz CT molecular complexity index is 221. The Morgan fingerprint density at radius 1 is 1.60 bits per heavy atom. The molecule has 2 atom stereocenters. The second-order valence-electron chi connectivity index (χ2n) is 4.20. The van der Waals surface area contributed by atoms with Crippen LogP contribution in [0.2, 0.25) is 0 Å². The van der Waals surface area contributed by atoms with Crippen molar-refractivity contribution in [3.63, 3.8) is 0 Å². The van der Waals surface area contributed by atoms with Crippen molar-refractivity contribution in [3.8, 4) is 6.07 Å². The van der Waals surface area contributed by atoms with E-state index in [1.807, 2.05) is 6.92 Å². The molecular formula is C11H20N2O2. The second-order valence-corrected chi connectivity index (χ2v) is 4.20. The Morgan fingerprint density at radius 2 is 2.40 bits per heavy atom. The summed E-state index contributed by atoms with van der Waals surface area (Å²) in [5.41, 5.74) is -0.589. The summed E-state index contributed by atoms with van der Waals surface area (Å²) in [7, 11) is 1.77. The minimum absolute atomic E-state index is 0.221. The van der Waals surface area contributed by atoms with Crippen LogP contribution in [-0.2, 0) is 9.47 Å². The number of nitriles is 1. The van der Waals surface area contributed by atoms with Gasteiger partial charge in [0.25, 0.3) is 0 Å². The minimum Gasteiger partial charge on any atom is -0.376 e. The quantitative estimate of drug-likeness (QED) is 0.740. The standard InChI is InChI=1S/C11H20N2O2/c1-11(8-12,13-2)9-14-7-10-5-3-4-6-15-10/h10,13H,3-7,9H2,1-2H3. The highest BCUT2D eigenvalue weighted by atomic mass is 16.5. The molecule has 15 heavy (non-hydrogen) atoms. The fourth-order valence-electron chi connectivity index (χ4n) is 1.49. The van der Waals surface area contributed by atoms with Crippen LogP contribution < -0.4 is 5.32 Å². The maximum absolute atomic E-state index is 8.90. The average Bonchev–Trinajstić information content (AvgIpc) is 2.30. The van der Waals surface area contributed by atoms with E-state index in [0.717, 1.165) is 19.4 Å². The molecule has 1 N–H and O–H groups in total. The van der Waals surface area contributed by atoms with Crippen molar-refractivity contribution in [1.29, 1.82) is 5.26 Å². The summed E-state index contributed by atoms with van der Waals surface area (Å²) in [5, 5.41) is 11.8. The zero-order valence-corrected chi connectivity index (χ0v) is 9.58. The lowest BCUT2D eigenvalue weighted by Gasteiger charge is -2.25. The van der Waals surface area contributed by atoms with E-state index in [9.17, 15) is 0 Å². The normalized spacial score (nSPS) is 25.5. The molecule has 0 saturated carbocycles. The van der Waals surface area contributed by atoms with Crippen LogP contribution in [0, 0.1) is 11.3 Å². The van der Waals surface area contributed by atoms with Crippen molar-refractivity contribution < 1.29 is 9.47 Å². The first-order valence-electron chi connectivity index (χ1n) is 5.50. The lowest BCUT2D eigenvalue weighted by Crippen LogP contribution is -2.43. The molecule has 4 heteroatoms. The number of hydrogen-bond acceptors (Lipinski definition) is 4. The van der Waals surface area contributed by atoms with Crippen molar-refractivity contribution in [1.82, 2.24) is 5.32 Å². The van der Waals surface area contributed by atoms with Crippen LogP contribution in [0.4, 0.5) is 0 Å². The Kier molecular flexibility index (Phi) is 5.03. The van der Waals surface area contributed by atoms with Crippen LogP contribution in [0.1, 0.15) is 26.2 Å². The van der Waals surface area contributed by atoms with Crippen LogP contribution in [-0.4, -0.2) is 38.5 Å². The SMILES string of the molecule is CNC(C)(C#N)COCC1CCCCO1. The van der Waals surface area contributed by atoms with Gasteiger partial charge in [-0.05, 0) is 33.2 Å². The predicted molar refractivity (Wildman–Crippen MR) is 57.5 cm³/mol. The lowest BCUT2D eigenvalue weighted by atomic mass is 10.1. The number of likely N-dealkylation sites (N-methyl/N-ethyl adjacent to an activating group) is 1. The molecule has 4 nitrogen and oxygen atoms in total. The minimum atomic E-state index is -0.589. The van der Waals surface area contributed by atoms with Gasteiger partial charge in [-0.1, -0.05) is 0 Å². The number of rotatable bonds is 5. The highest BCUT2D eigenvalue weighted by Gasteiger charge is 2.22. The molecule has 0 aromatic rings. The van der Waals surface area contributed by atoms with E-state index in [2.05, 4.69) is 11.4 Å². The van der Waals surface area contributed by atoms with Gasteiger partial charge in [0.15, 0.2) is 0 Å². The van der Waals surface area contributed by atoms with E-state index in [4.69, 9.17) is 14.7 Å². The maximum Gasteiger partial charge on any atom is 0.127 e. The molecule has 1 heterocycles. The molecule has 1 rings (SSSR count). The topological polar surface area (TPSA) is 54.3 Å². The van der Waals surface area contributed by atoms with Crippen molar-refractivity contribution in [2.75, 3.05) is 26.9 Å². The molecule has 0 bridgehead atoms. The summed E-state index contributed by atoms with van der Waals surface area (Å²) in [5.74, 6) is 0. The number of hydrogen-bond donors (Lipinski definition) is 1. The first kappa shape index (κ1) is 12.4. The maximum atomic E-state index is 8.90. The van der Waals surface area contributed by atoms with Gasteiger partial charge in [0.2, 0.25) is 0 Å². The Balaban J connectivity index is 2.17. The summed E-state index contributed by atoms with van der Waals surface area (Å²) < 4.78 is 11.0. The van der Waals surface area contributed by atoms with Gasteiger partial charge in [-0.3, -0.25) is 0 Å². The monoisotopic (exact) mass is 212 g/mol. The lowest BCUT2D eigenvalue weighted by molar-refractivity contribution is -0.0467. The van der Waals surface area contributed by atoms with Gasteiger partial charge >= 0.3 is 0 Å². The summed E-state index contributed by atoms with van der Waals surface area (Å²) in [6.07, 6.45) is 3.67. The molecule has 1 saturated heterocycles. The van der Waals surface area contributed by atoms with Gasteiger partial charge < -0.3 is 14.8 Å². The van der Waals surface area contributed by atoms with E-state index in [-0.39, 0.29) is 6.10 Å². The molecule has 2 unspecified atom stereocenters. The molecule has 0 aliphatic carbocycles. The van der Waals surface area contributed by atoms with Crippen LogP contribution in [0.15, 0.2) is 0 Å². The number of ether oxygens (including phenoxy) is 2. The van der Waals surface area contributed by atoms with Gasteiger partial charge in [-0.15, -0.1) is 0 Å². The number of nitrogens with zero attached hydrogens (tertiary/aromatic N) is 1. The highest BCUT2D eigenvalue weighted by molar-refractivity contribution is 5.02. The Morgan fingerprint density at radius 3 is 2.93 bits per heavy atom.